The number of imidazole rings is 1. The second kappa shape index (κ2) is 4.77. The highest BCUT2D eigenvalue weighted by molar-refractivity contribution is 5.09. The first-order valence-electron chi connectivity index (χ1n) is 5.72. The summed E-state index contributed by atoms with van der Waals surface area (Å²) in [5.74, 6) is 0. The Hall–Kier alpha value is -0.870. The van der Waals surface area contributed by atoms with Gasteiger partial charge in [-0.2, -0.15) is 0 Å². The van der Waals surface area contributed by atoms with Crippen LogP contribution >= 0.6 is 0 Å². The molecule has 1 fully saturated rings. The summed E-state index contributed by atoms with van der Waals surface area (Å²) < 4.78 is 2.25. The van der Waals surface area contributed by atoms with Crippen molar-refractivity contribution in [3.8, 4) is 0 Å². The van der Waals surface area contributed by atoms with Gasteiger partial charge >= 0.3 is 0 Å². The average molecular weight is 209 g/mol. The van der Waals surface area contributed by atoms with Gasteiger partial charge in [0, 0.05) is 18.8 Å². The van der Waals surface area contributed by atoms with E-state index in [9.17, 15) is 0 Å². The molecule has 0 amide bonds. The van der Waals surface area contributed by atoms with Crippen molar-refractivity contribution in [2.75, 3.05) is 13.2 Å². The number of nitrogens with one attached hydrogen (secondary N) is 1. The van der Waals surface area contributed by atoms with E-state index >= 15 is 0 Å². The third kappa shape index (κ3) is 2.38. The van der Waals surface area contributed by atoms with E-state index in [-0.39, 0.29) is 12.6 Å². The molecular formula is C11H19N3O. The quantitative estimate of drug-likeness (QED) is 0.741. The number of hydrogen-bond acceptors (Lipinski definition) is 3. The molecule has 1 aliphatic carbocycles. The maximum absolute atomic E-state index is 9.04. The van der Waals surface area contributed by atoms with Crippen LogP contribution in [0.3, 0.4) is 0 Å². The van der Waals surface area contributed by atoms with Crippen molar-refractivity contribution in [1.82, 2.24) is 14.9 Å². The zero-order valence-corrected chi connectivity index (χ0v) is 9.19. The van der Waals surface area contributed by atoms with Crippen molar-refractivity contribution >= 4 is 0 Å². The molecule has 0 radical (unpaired) electrons. The van der Waals surface area contributed by atoms with Gasteiger partial charge in [0.05, 0.1) is 18.1 Å². The molecule has 15 heavy (non-hydrogen) atoms. The molecule has 2 N–H and O–H groups in total. The van der Waals surface area contributed by atoms with Crippen LogP contribution in [0.25, 0.3) is 0 Å². The Balaban J connectivity index is 2.12. The van der Waals surface area contributed by atoms with Crippen LogP contribution in [0.5, 0.6) is 0 Å². The van der Waals surface area contributed by atoms with Gasteiger partial charge in [-0.25, -0.2) is 4.98 Å². The zero-order chi connectivity index (χ0) is 10.7. The monoisotopic (exact) mass is 209 g/mol. The molecule has 1 aromatic rings. The molecule has 2 rings (SSSR count). The fourth-order valence-electron chi connectivity index (χ4n) is 1.97. The third-order valence-electron chi connectivity index (χ3n) is 2.86. The average Bonchev–Trinajstić information content (AvgIpc) is 2.96. The molecule has 0 bridgehead atoms. The SMILES string of the molecule is CCNC(CCO)c1cncn1C1CC1. The molecule has 0 saturated heterocycles. The summed E-state index contributed by atoms with van der Waals surface area (Å²) in [7, 11) is 0. The smallest absolute Gasteiger partial charge is 0.0951 e. The molecule has 0 aliphatic heterocycles. The van der Waals surface area contributed by atoms with Crippen LogP contribution in [0.2, 0.25) is 0 Å². The molecule has 1 aromatic heterocycles. The number of aliphatic hydroxyl groups is 1. The third-order valence-corrected chi connectivity index (χ3v) is 2.86. The molecule has 4 heteroatoms. The fraction of sp³-hybridized carbons (Fsp3) is 0.727. The molecule has 1 heterocycles. The van der Waals surface area contributed by atoms with Gasteiger partial charge in [-0.1, -0.05) is 6.92 Å². The van der Waals surface area contributed by atoms with Crippen molar-refractivity contribution in [1.29, 1.82) is 0 Å². The van der Waals surface area contributed by atoms with Crippen LogP contribution in [0.1, 0.15) is 44.0 Å². The minimum absolute atomic E-state index is 0.216. The van der Waals surface area contributed by atoms with Gasteiger partial charge in [-0.3, -0.25) is 0 Å². The van der Waals surface area contributed by atoms with Gasteiger partial charge in [0.2, 0.25) is 0 Å². The molecule has 1 atom stereocenters. The van der Waals surface area contributed by atoms with Crippen molar-refractivity contribution in [3.05, 3.63) is 18.2 Å². The maximum Gasteiger partial charge on any atom is 0.0951 e. The number of rotatable bonds is 6. The van der Waals surface area contributed by atoms with Crippen LogP contribution in [0.4, 0.5) is 0 Å². The standard InChI is InChI=1S/C11H19N3O/c1-2-13-10(5-6-15)11-7-12-8-14(11)9-3-4-9/h7-10,13,15H,2-6H2,1H3. The van der Waals surface area contributed by atoms with E-state index < -0.39 is 0 Å². The van der Waals surface area contributed by atoms with Gasteiger partial charge in [0.1, 0.15) is 0 Å². The Morgan fingerprint density at radius 1 is 1.67 bits per heavy atom. The molecule has 1 aliphatic rings. The maximum atomic E-state index is 9.04. The van der Waals surface area contributed by atoms with Crippen LogP contribution in [-0.2, 0) is 0 Å². The lowest BCUT2D eigenvalue weighted by Gasteiger charge is -2.18. The Labute approximate surface area is 90.3 Å². The number of aliphatic hydroxyl groups excluding tert-OH is 1. The van der Waals surface area contributed by atoms with Crippen molar-refractivity contribution in [2.24, 2.45) is 0 Å². The van der Waals surface area contributed by atoms with E-state index in [1.54, 1.807) is 0 Å². The molecule has 4 nitrogen and oxygen atoms in total. The predicted octanol–water partition coefficient (Wildman–Crippen LogP) is 1.25. The summed E-state index contributed by atoms with van der Waals surface area (Å²) in [6.45, 7) is 3.22. The van der Waals surface area contributed by atoms with Gasteiger partial charge in [-0.15, -0.1) is 0 Å². The van der Waals surface area contributed by atoms with E-state index in [2.05, 4.69) is 21.8 Å². The van der Waals surface area contributed by atoms with Crippen LogP contribution in [0, 0.1) is 0 Å². The zero-order valence-electron chi connectivity index (χ0n) is 9.19. The highest BCUT2D eigenvalue weighted by Crippen LogP contribution is 2.37. The summed E-state index contributed by atoms with van der Waals surface area (Å²) in [6.07, 6.45) is 7.12. The number of nitrogens with zero attached hydrogens (tertiary/aromatic N) is 2. The number of aromatic nitrogens is 2. The second-order valence-corrected chi connectivity index (χ2v) is 4.08. The lowest BCUT2D eigenvalue weighted by molar-refractivity contribution is 0.263. The minimum atomic E-state index is 0.216. The highest BCUT2D eigenvalue weighted by Gasteiger charge is 2.27. The van der Waals surface area contributed by atoms with Gasteiger partial charge in [-0.05, 0) is 25.8 Å². The van der Waals surface area contributed by atoms with E-state index in [1.807, 2.05) is 12.5 Å². The van der Waals surface area contributed by atoms with E-state index in [4.69, 9.17) is 5.11 Å². The van der Waals surface area contributed by atoms with Crippen molar-refractivity contribution in [3.63, 3.8) is 0 Å². The molecule has 1 unspecified atom stereocenters. The van der Waals surface area contributed by atoms with Gasteiger partial charge < -0.3 is 15.0 Å². The molecule has 0 aromatic carbocycles. The molecule has 84 valence electrons. The minimum Gasteiger partial charge on any atom is -0.396 e. The Morgan fingerprint density at radius 3 is 3.07 bits per heavy atom. The van der Waals surface area contributed by atoms with Gasteiger partial charge in [0.15, 0.2) is 0 Å². The number of hydrogen-bond donors (Lipinski definition) is 2. The summed E-state index contributed by atoms with van der Waals surface area (Å²) >= 11 is 0. The fourth-order valence-corrected chi connectivity index (χ4v) is 1.97. The summed E-state index contributed by atoms with van der Waals surface area (Å²) in [5.41, 5.74) is 1.22. The first-order chi connectivity index (χ1) is 7.36. The molecular weight excluding hydrogens is 190 g/mol. The molecule has 0 spiro atoms. The van der Waals surface area contributed by atoms with Crippen LogP contribution in [-0.4, -0.2) is 27.8 Å². The highest BCUT2D eigenvalue weighted by atomic mass is 16.3. The van der Waals surface area contributed by atoms with E-state index in [0.29, 0.717) is 6.04 Å². The predicted molar refractivity (Wildman–Crippen MR) is 58.6 cm³/mol. The Morgan fingerprint density at radius 2 is 2.47 bits per heavy atom. The lowest BCUT2D eigenvalue weighted by atomic mass is 10.1. The van der Waals surface area contributed by atoms with E-state index in [1.165, 1.54) is 18.5 Å². The summed E-state index contributed by atoms with van der Waals surface area (Å²) in [6, 6.07) is 0.894. The van der Waals surface area contributed by atoms with Crippen LogP contribution < -0.4 is 5.32 Å². The second-order valence-electron chi connectivity index (χ2n) is 4.08. The normalized spacial score (nSPS) is 18.0. The largest absolute Gasteiger partial charge is 0.396 e. The first kappa shape index (κ1) is 10.6. The summed E-state index contributed by atoms with van der Waals surface area (Å²) in [4.78, 5) is 4.21. The Kier molecular flexibility index (Phi) is 3.38. The summed E-state index contributed by atoms with van der Waals surface area (Å²) in [5, 5.41) is 12.4. The molecule has 1 saturated carbocycles. The van der Waals surface area contributed by atoms with E-state index in [0.717, 1.165) is 13.0 Å². The first-order valence-corrected chi connectivity index (χ1v) is 5.72. The van der Waals surface area contributed by atoms with Crippen molar-refractivity contribution < 1.29 is 5.11 Å². The lowest BCUT2D eigenvalue weighted by Crippen LogP contribution is -2.24. The van der Waals surface area contributed by atoms with Gasteiger partial charge in [0.25, 0.3) is 0 Å². The van der Waals surface area contributed by atoms with Crippen LogP contribution in [0.15, 0.2) is 12.5 Å². The Bertz CT molecular complexity index is 301. The topological polar surface area (TPSA) is 50.1 Å². The van der Waals surface area contributed by atoms with Crippen molar-refractivity contribution in [2.45, 2.75) is 38.3 Å².